The van der Waals surface area contributed by atoms with Crippen molar-refractivity contribution in [3.8, 4) is 0 Å². The molecule has 0 fully saturated rings. The lowest BCUT2D eigenvalue weighted by Crippen LogP contribution is -2.55. The Morgan fingerprint density at radius 2 is 1.62 bits per heavy atom. The van der Waals surface area contributed by atoms with E-state index in [1.54, 1.807) is 41.5 Å². The van der Waals surface area contributed by atoms with Crippen molar-refractivity contribution in [2.24, 2.45) is 0 Å². The van der Waals surface area contributed by atoms with E-state index >= 15 is 0 Å². The van der Waals surface area contributed by atoms with Crippen molar-refractivity contribution in [1.82, 2.24) is 5.32 Å². The zero-order valence-electron chi connectivity index (χ0n) is 13.4. The molecule has 0 aromatic heterocycles. The van der Waals surface area contributed by atoms with Crippen LogP contribution in [0, 0.1) is 0 Å². The predicted molar refractivity (Wildman–Crippen MR) is 76.7 cm³/mol. The van der Waals surface area contributed by atoms with Crippen LogP contribution >= 0.6 is 0 Å². The van der Waals surface area contributed by atoms with E-state index in [1.165, 1.54) is 12.2 Å². The standard InChI is InChI=1S/C15H23NO5/c1-13(2,3)20-11(18)15(8-7-10(17)9-15)16-12(19)21-14(4,5)6/h7-8H,9H2,1-6H3,(H,16,19). The van der Waals surface area contributed by atoms with Gasteiger partial charge in [-0.25, -0.2) is 9.59 Å². The second-order valence-electron chi connectivity index (χ2n) is 7.08. The van der Waals surface area contributed by atoms with Gasteiger partial charge in [0.2, 0.25) is 0 Å². The molecule has 6 heteroatoms. The molecule has 1 atom stereocenters. The van der Waals surface area contributed by atoms with Crippen LogP contribution in [0.3, 0.4) is 0 Å². The van der Waals surface area contributed by atoms with Crippen LogP contribution in [0.25, 0.3) is 0 Å². The summed E-state index contributed by atoms with van der Waals surface area (Å²) < 4.78 is 10.4. The molecule has 0 spiro atoms. The van der Waals surface area contributed by atoms with Crippen LogP contribution in [0.15, 0.2) is 12.2 Å². The van der Waals surface area contributed by atoms with Crippen LogP contribution in [0.1, 0.15) is 48.0 Å². The summed E-state index contributed by atoms with van der Waals surface area (Å²) >= 11 is 0. The third-order valence-corrected chi connectivity index (χ3v) is 2.49. The Kier molecular flexibility index (Phi) is 4.51. The highest BCUT2D eigenvalue weighted by Gasteiger charge is 2.46. The Morgan fingerprint density at radius 3 is 2.00 bits per heavy atom. The summed E-state index contributed by atoms with van der Waals surface area (Å²) in [5.41, 5.74) is -2.92. The van der Waals surface area contributed by atoms with E-state index in [0.717, 1.165) is 0 Å². The number of carbonyl (C=O) groups excluding carboxylic acids is 3. The number of alkyl carbamates (subject to hydrolysis) is 1. The molecule has 1 aliphatic rings. The molecule has 1 aliphatic carbocycles. The molecule has 0 saturated carbocycles. The van der Waals surface area contributed by atoms with Crippen LogP contribution < -0.4 is 5.32 Å². The molecule has 118 valence electrons. The van der Waals surface area contributed by atoms with Gasteiger partial charge in [-0.05, 0) is 53.7 Å². The van der Waals surface area contributed by atoms with E-state index in [9.17, 15) is 14.4 Å². The number of esters is 1. The van der Waals surface area contributed by atoms with Crippen molar-refractivity contribution < 1.29 is 23.9 Å². The van der Waals surface area contributed by atoms with E-state index in [0.29, 0.717) is 0 Å². The average Bonchev–Trinajstić information content (AvgIpc) is 2.55. The number of allylic oxidation sites excluding steroid dienone is 1. The Balaban J connectivity index is 2.91. The molecule has 21 heavy (non-hydrogen) atoms. The Morgan fingerprint density at radius 1 is 1.10 bits per heavy atom. The molecule has 1 amide bonds. The number of carbonyl (C=O) groups is 3. The second kappa shape index (κ2) is 5.50. The van der Waals surface area contributed by atoms with Crippen molar-refractivity contribution in [1.29, 1.82) is 0 Å². The van der Waals surface area contributed by atoms with Gasteiger partial charge in [0, 0.05) is 6.42 Å². The monoisotopic (exact) mass is 297 g/mol. The smallest absolute Gasteiger partial charge is 0.408 e. The number of nitrogens with one attached hydrogen (secondary N) is 1. The van der Waals surface area contributed by atoms with E-state index in [2.05, 4.69) is 5.32 Å². The van der Waals surface area contributed by atoms with Gasteiger partial charge in [-0.2, -0.15) is 0 Å². The quantitative estimate of drug-likeness (QED) is 0.789. The van der Waals surface area contributed by atoms with Crippen molar-refractivity contribution in [3.63, 3.8) is 0 Å². The number of hydrogen-bond acceptors (Lipinski definition) is 5. The highest BCUT2D eigenvalue weighted by molar-refractivity contribution is 6.03. The summed E-state index contributed by atoms with van der Waals surface area (Å²) in [5.74, 6) is -0.931. The molecule has 0 bridgehead atoms. The molecule has 0 aliphatic heterocycles. The largest absolute Gasteiger partial charge is 0.458 e. The Labute approximate surface area is 124 Å². The van der Waals surface area contributed by atoms with Crippen molar-refractivity contribution in [2.45, 2.75) is 64.7 Å². The van der Waals surface area contributed by atoms with E-state index in [4.69, 9.17) is 9.47 Å². The molecule has 0 heterocycles. The van der Waals surface area contributed by atoms with E-state index < -0.39 is 28.8 Å². The fourth-order valence-corrected chi connectivity index (χ4v) is 1.76. The SMILES string of the molecule is CC(C)(C)OC(=O)NC1(C(=O)OC(C)(C)C)C=CC(=O)C1. The average molecular weight is 297 g/mol. The van der Waals surface area contributed by atoms with Gasteiger partial charge >= 0.3 is 12.1 Å². The lowest BCUT2D eigenvalue weighted by atomic mass is 9.98. The van der Waals surface area contributed by atoms with Crippen LogP contribution in [0.5, 0.6) is 0 Å². The third-order valence-electron chi connectivity index (χ3n) is 2.49. The van der Waals surface area contributed by atoms with E-state index in [-0.39, 0.29) is 12.2 Å². The zero-order valence-corrected chi connectivity index (χ0v) is 13.4. The molecule has 0 aromatic rings. The van der Waals surface area contributed by atoms with E-state index in [1.807, 2.05) is 0 Å². The molecule has 6 nitrogen and oxygen atoms in total. The minimum Gasteiger partial charge on any atom is -0.458 e. The first kappa shape index (κ1) is 17.2. The third kappa shape index (κ3) is 5.21. The second-order valence-corrected chi connectivity index (χ2v) is 7.08. The molecular formula is C15H23NO5. The Bertz CT molecular complexity index is 481. The van der Waals surface area contributed by atoms with Crippen molar-refractivity contribution >= 4 is 17.8 Å². The van der Waals surface area contributed by atoms with Gasteiger partial charge in [0.1, 0.15) is 11.2 Å². The van der Waals surface area contributed by atoms with Gasteiger partial charge in [0.15, 0.2) is 11.3 Å². The summed E-state index contributed by atoms with van der Waals surface area (Å²) in [6.07, 6.45) is 1.68. The van der Waals surface area contributed by atoms with Crippen molar-refractivity contribution in [2.75, 3.05) is 0 Å². The maximum absolute atomic E-state index is 12.3. The van der Waals surface area contributed by atoms with Crippen LogP contribution in [-0.2, 0) is 19.1 Å². The van der Waals surface area contributed by atoms with Crippen LogP contribution in [0.4, 0.5) is 4.79 Å². The molecular weight excluding hydrogens is 274 g/mol. The maximum Gasteiger partial charge on any atom is 0.408 e. The first-order valence-electron chi connectivity index (χ1n) is 6.80. The summed E-state index contributed by atoms with van der Waals surface area (Å²) in [5, 5.41) is 2.46. The molecule has 0 radical (unpaired) electrons. The summed E-state index contributed by atoms with van der Waals surface area (Å²) in [7, 11) is 0. The number of amides is 1. The lowest BCUT2D eigenvalue weighted by Gasteiger charge is -2.31. The maximum atomic E-state index is 12.3. The fraction of sp³-hybridized carbons (Fsp3) is 0.667. The normalized spacial score (nSPS) is 22.1. The molecule has 1 unspecified atom stereocenters. The molecule has 0 aromatic carbocycles. The lowest BCUT2D eigenvalue weighted by molar-refractivity contribution is -0.161. The molecule has 1 N–H and O–H groups in total. The van der Waals surface area contributed by atoms with Crippen LogP contribution in [-0.4, -0.2) is 34.6 Å². The van der Waals surface area contributed by atoms with Gasteiger partial charge in [0.25, 0.3) is 0 Å². The predicted octanol–water partition coefficient (Wildman–Crippen LogP) is 2.12. The molecule has 1 rings (SSSR count). The zero-order chi connectivity index (χ0) is 16.5. The highest BCUT2D eigenvalue weighted by Crippen LogP contribution is 2.25. The number of ketones is 1. The molecule has 0 saturated heterocycles. The summed E-state index contributed by atoms with van der Waals surface area (Å²) in [6.45, 7) is 10.3. The minimum absolute atomic E-state index is 0.166. The first-order chi connectivity index (χ1) is 9.33. The van der Waals surface area contributed by atoms with Crippen molar-refractivity contribution in [3.05, 3.63) is 12.2 Å². The number of rotatable bonds is 2. The number of hydrogen-bond donors (Lipinski definition) is 1. The summed E-state index contributed by atoms with van der Waals surface area (Å²) in [6, 6.07) is 0. The van der Waals surface area contributed by atoms with Crippen LogP contribution in [0.2, 0.25) is 0 Å². The first-order valence-corrected chi connectivity index (χ1v) is 6.80. The van der Waals surface area contributed by atoms with Gasteiger partial charge in [0.05, 0.1) is 0 Å². The number of ether oxygens (including phenoxy) is 2. The van der Waals surface area contributed by atoms with Gasteiger partial charge in [-0.3, -0.25) is 4.79 Å². The Hall–Kier alpha value is -1.85. The summed E-state index contributed by atoms with van der Waals surface area (Å²) in [4.78, 5) is 35.8. The minimum atomic E-state index is -1.49. The topological polar surface area (TPSA) is 81.7 Å². The fourth-order valence-electron chi connectivity index (χ4n) is 1.76. The van der Waals surface area contributed by atoms with Gasteiger partial charge < -0.3 is 14.8 Å². The highest BCUT2D eigenvalue weighted by atomic mass is 16.6. The van der Waals surface area contributed by atoms with Gasteiger partial charge in [-0.1, -0.05) is 0 Å². The van der Waals surface area contributed by atoms with Gasteiger partial charge in [-0.15, -0.1) is 0 Å².